The third kappa shape index (κ3) is 47.8. The molecule has 0 saturated carbocycles. The minimum atomic E-state index is -4.87. The highest BCUT2D eigenvalue weighted by Crippen LogP contribution is 2.43. The van der Waals surface area contributed by atoms with Crippen LogP contribution in [0.25, 0.3) is 0 Å². The van der Waals surface area contributed by atoms with Gasteiger partial charge in [0.1, 0.15) is 12.7 Å². The normalized spacial score (nSPS) is 14.4. The Hall–Kier alpha value is -1.96. The molecule has 63 heavy (non-hydrogen) atoms. The predicted molar refractivity (Wildman–Crippen MR) is 250 cm³/mol. The highest BCUT2D eigenvalue weighted by molar-refractivity contribution is 7.47. The zero-order valence-corrected chi connectivity index (χ0v) is 40.6. The molecule has 0 radical (unpaired) electrons. The van der Waals surface area contributed by atoms with Crippen LogP contribution in [-0.2, 0) is 41.8 Å². The van der Waals surface area contributed by atoms with Crippen LogP contribution in [0.3, 0.4) is 0 Å². The van der Waals surface area contributed by atoms with E-state index in [-0.39, 0.29) is 19.4 Å². The molecule has 0 aliphatic rings. The highest BCUT2D eigenvalue weighted by Gasteiger charge is 2.28. The van der Waals surface area contributed by atoms with E-state index in [2.05, 4.69) is 59.4 Å². The molecule has 0 aliphatic heterocycles. The summed E-state index contributed by atoms with van der Waals surface area (Å²) in [6.07, 6.45) is 41.2. The number of phosphoric ester groups is 2. The number of hydrogen-bond acceptors (Lipinski definition) is 11. The van der Waals surface area contributed by atoms with E-state index in [9.17, 15) is 28.7 Å². The van der Waals surface area contributed by atoms with Gasteiger partial charge in [-0.2, -0.15) is 0 Å². The maximum atomic E-state index is 12.7. The third-order valence-electron chi connectivity index (χ3n) is 9.94. The third-order valence-corrected chi connectivity index (χ3v) is 11.4. The topological polar surface area (TPSA) is 216 Å². The molecule has 0 aromatic heterocycles. The first kappa shape index (κ1) is 61.0. The Balaban J connectivity index is 4.53. The maximum Gasteiger partial charge on any atom is 0.472 e. The Kier molecular flexibility index (Phi) is 41.3. The zero-order valence-electron chi connectivity index (χ0n) is 38.8. The fraction of sp³-hybridized carbons (Fsp3) is 0.787. The van der Waals surface area contributed by atoms with E-state index < -0.39 is 66.2 Å². The van der Waals surface area contributed by atoms with Crippen LogP contribution in [0.2, 0.25) is 0 Å². The Labute approximate surface area is 380 Å². The number of hydrogen-bond donors (Lipinski definition) is 5. The van der Waals surface area contributed by atoms with Gasteiger partial charge in [-0.05, 0) is 63.7 Å². The number of rotatable bonds is 45. The number of phosphoric acid groups is 2. The van der Waals surface area contributed by atoms with Crippen molar-refractivity contribution in [3.63, 3.8) is 0 Å². The van der Waals surface area contributed by atoms with Crippen molar-refractivity contribution in [1.29, 1.82) is 0 Å². The molecule has 0 spiro atoms. The minimum Gasteiger partial charge on any atom is -0.462 e. The van der Waals surface area contributed by atoms with Crippen molar-refractivity contribution in [1.82, 2.24) is 0 Å². The van der Waals surface area contributed by atoms with Crippen LogP contribution >= 0.6 is 15.6 Å². The lowest BCUT2D eigenvalue weighted by Crippen LogP contribution is -2.30. The second-order valence-corrected chi connectivity index (χ2v) is 19.3. The number of ether oxygens (including phenoxy) is 2. The highest BCUT2D eigenvalue weighted by atomic mass is 31.2. The second kappa shape index (κ2) is 42.7. The van der Waals surface area contributed by atoms with Gasteiger partial charge in [0.25, 0.3) is 0 Å². The van der Waals surface area contributed by atoms with Gasteiger partial charge in [-0.3, -0.25) is 23.2 Å². The molecule has 0 aromatic carbocycles. The Morgan fingerprint density at radius 2 is 0.937 bits per heavy atom. The van der Waals surface area contributed by atoms with E-state index >= 15 is 0 Å². The van der Waals surface area contributed by atoms with Crippen molar-refractivity contribution in [2.24, 2.45) is 5.92 Å². The zero-order chi connectivity index (χ0) is 46.7. The standard InChI is InChI=1S/C47H86O14P2/c1-43(2)35-31-27-23-19-15-11-7-6-9-13-17-21-25-29-33-37-47(51)61-45(42-60-63(55,56)59-40-44(49)39-58-62(52,53)54)41-57-46(50)36-32-28-24-20-16-12-8-4-3-5-10-14-18-22-26-30-34-38-48/h3,5,8,12,14,18,20,24,43-45,48-49H,4,6-7,9-11,13,15-17,19,21-23,25-42H2,1-2H3,(H,55,56)(H2,52,53,54)/b5-3-,12-8-,18-14-,24-20-/t44-,45+/m0/s1. The minimum absolute atomic E-state index is 0.110. The van der Waals surface area contributed by atoms with Gasteiger partial charge < -0.3 is 34.4 Å². The van der Waals surface area contributed by atoms with Gasteiger partial charge in [0.2, 0.25) is 0 Å². The average Bonchev–Trinajstić information content (AvgIpc) is 3.23. The van der Waals surface area contributed by atoms with Crippen LogP contribution in [-0.4, -0.2) is 82.1 Å². The molecule has 1 unspecified atom stereocenters. The van der Waals surface area contributed by atoms with Crippen molar-refractivity contribution < 1.29 is 66.7 Å². The molecule has 0 aliphatic carbocycles. The predicted octanol–water partition coefficient (Wildman–Crippen LogP) is 11.5. The molecule has 5 N–H and O–H groups in total. The van der Waals surface area contributed by atoms with Crippen molar-refractivity contribution in [3.8, 4) is 0 Å². The lowest BCUT2D eigenvalue weighted by Gasteiger charge is -2.20. The van der Waals surface area contributed by atoms with Gasteiger partial charge in [0.15, 0.2) is 6.10 Å². The Morgan fingerprint density at radius 3 is 1.44 bits per heavy atom. The molecule has 0 saturated heterocycles. The number of carbonyl (C=O) groups is 2. The Morgan fingerprint density at radius 1 is 0.508 bits per heavy atom. The number of aliphatic hydroxyl groups excluding tert-OH is 2. The molecule has 368 valence electrons. The molecule has 0 bridgehead atoms. The van der Waals surface area contributed by atoms with Gasteiger partial charge in [0, 0.05) is 19.4 Å². The maximum absolute atomic E-state index is 12.7. The largest absolute Gasteiger partial charge is 0.472 e. The summed E-state index contributed by atoms with van der Waals surface area (Å²) in [5, 5.41) is 18.6. The lowest BCUT2D eigenvalue weighted by atomic mass is 10.0. The summed E-state index contributed by atoms with van der Waals surface area (Å²) >= 11 is 0. The summed E-state index contributed by atoms with van der Waals surface area (Å²) in [5.41, 5.74) is 0. The summed E-state index contributed by atoms with van der Waals surface area (Å²) in [6.45, 7) is 2.06. The van der Waals surface area contributed by atoms with Crippen LogP contribution < -0.4 is 0 Å². The van der Waals surface area contributed by atoms with Gasteiger partial charge >= 0.3 is 27.6 Å². The summed E-state index contributed by atoms with van der Waals surface area (Å²) < 4.78 is 47.8. The van der Waals surface area contributed by atoms with E-state index in [1.54, 1.807) is 0 Å². The van der Waals surface area contributed by atoms with Crippen LogP contribution in [0.1, 0.15) is 187 Å². The first-order chi connectivity index (χ1) is 30.2. The molecule has 0 amide bonds. The number of esters is 2. The first-order valence-electron chi connectivity index (χ1n) is 23.8. The monoisotopic (exact) mass is 937 g/mol. The van der Waals surface area contributed by atoms with E-state index in [1.807, 2.05) is 12.2 Å². The molecule has 14 nitrogen and oxygen atoms in total. The summed E-state index contributed by atoms with van der Waals surface area (Å²) in [7, 11) is -9.70. The molecular weight excluding hydrogens is 850 g/mol. The van der Waals surface area contributed by atoms with Crippen LogP contribution in [0, 0.1) is 5.92 Å². The number of allylic oxidation sites excluding steroid dienone is 8. The summed E-state index contributed by atoms with van der Waals surface area (Å²) in [4.78, 5) is 52.8. The first-order valence-corrected chi connectivity index (χ1v) is 26.8. The number of carbonyl (C=O) groups excluding carboxylic acids is 2. The SMILES string of the molecule is CC(C)CCCCCCCCCCCCCCCCCC(=O)O[C@H](COC(=O)CCC/C=C\C/C=C\C/C=C\C/C=C\CCCCCO)COP(=O)(O)OC[C@@H](O)COP(=O)(O)O. The summed E-state index contributed by atoms with van der Waals surface area (Å²) in [5.74, 6) is -0.296. The van der Waals surface area contributed by atoms with Gasteiger partial charge in [-0.1, -0.05) is 165 Å². The molecule has 0 rings (SSSR count). The van der Waals surface area contributed by atoms with Crippen LogP contribution in [0.5, 0.6) is 0 Å². The smallest absolute Gasteiger partial charge is 0.462 e. The van der Waals surface area contributed by atoms with Crippen molar-refractivity contribution in [2.75, 3.05) is 33.0 Å². The van der Waals surface area contributed by atoms with E-state index in [0.29, 0.717) is 19.3 Å². The van der Waals surface area contributed by atoms with Gasteiger partial charge in [-0.25, -0.2) is 9.13 Å². The molecule has 0 heterocycles. The average molecular weight is 937 g/mol. The van der Waals surface area contributed by atoms with E-state index in [4.69, 9.17) is 28.9 Å². The lowest BCUT2D eigenvalue weighted by molar-refractivity contribution is -0.161. The molecule has 0 aromatic rings. The number of aliphatic hydroxyl groups is 2. The molecule has 16 heteroatoms. The molecule has 3 atom stereocenters. The fourth-order valence-electron chi connectivity index (χ4n) is 6.33. The molecule has 0 fully saturated rings. The Bertz CT molecular complexity index is 1310. The quantitative estimate of drug-likeness (QED) is 0.0166. The summed E-state index contributed by atoms with van der Waals surface area (Å²) in [6, 6.07) is 0. The van der Waals surface area contributed by atoms with Crippen molar-refractivity contribution in [3.05, 3.63) is 48.6 Å². The van der Waals surface area contributed by atoms with E-state index in [1.165, 1.54) is 77.0 Å². The van der Waals surface area contributed by atoms with Crippen molar-refractivity contribution in [2.45, 2.75) is 199 Å². The van der Waals surface area contributed by atoms with Gasteiger partial charge in [-0.15, -0.1) is 0 Å². The number of unbranched alkanes of at least 4 members (excludes halogenated alkanes) is 18. The van der Waals surface area contributed by atoms with Crippen LogP contribution in [0.4, 0.5) is 0 Å². The van der Waals surface area contributed by atoms with Crippen LogP contribution in [0.15, 0.2) is 48.6 Å². The second-order valence-electron chi connectivity index (χ2n) is 16.6. The fourth-order valence-corrected chi connectivity index (χ4v) is 7.48. The van der Waals surface area contributed by atoms with Crippen molar-refractivity contribution >= 4 is 27.6 Å². The molecular formula is C47H86O14P2. The van der Waals surface area contributed by atoms with Gasteiger partial charge in [0.05, 0.1) is 19.8 Å². The van der Waals surface area contributed by atoms with E-state index in [0.717, 1.165) is 70.1 Å².